The Kier molecular flexibility index (Phi) is 8.79. The number of halogens is 3. The van der Waals surface area contributed by atoms with Crippen LogP contribution >= 0.6 is 0 Å². The molecule has 12 heteroatoms. The maximum Gasteiger partial charge on any atom is 0.430 e. The lowest BCUT2D eigenvalue weighted by Crippen LogP contribution is -2.68. The summed E-state index contributed by atoms with van der Waals surface area (Å²) in [4.78, 5) is 54.4. The molecule has 3 aromatic carbocycles. The largest absolute Gasteiger partial charge is 0.458 e. The number of alkyl halides is 3. The fraction of sp³-hybridized carbons (Fsp3) is 0.290. The van der Waals surface area contributed by atoms with E-state index in [1.165, 1.54) is 20.8 Å². The number of esters is 1. The van der Waals surface area contributed by atoms with Crippen molar-refractivity contribution < 1.29 is 46.6 Å². The highest BCUT2D eigenvalue weighted by molar-refractivity contribution is 6.21. The molecule has 2 amide bonds. The number of fused-ring (bicyclic) bond motifs is 1. The van der Waals surface area contributed by atoms with Crippen LogP contribution in [0, 0.1) is 0 Å². The Morgan fingerprint density at radius 1 is 0.860 bits per heavy atom. The third-order valence-electron chi connectivity index (χ3n) is 6.42. The first-order valence-corrected chi connectivity index (χ1v) is 13.2. The Labute approximate surface area is 245 Å². The number of hydrazine groups is 1. The summed E-state index contributed by atoms with van der Waals surface area (Å²) in [5.41, 5.74) is -2.05. The predicted molar refractivity (Wildman–Crippen MR) is 146 cm³/mol. The molecule has 0 fully saturated rings. The number of hydrogen-bond donors (Lipinski definition) is 1. The number of Topliss-reactive ketones (excluding diaryl/α,β-unsaturated/α-hetero) is 1. The monoisotopic (exact) mass is 598 g/mol. The van der Waals surface area contributed by atoms with Gasteiger partial charge in [0.2, 0.25) is 11.3 Å². The zero-order chi connectivity index (χ0) is 31.4. The summed E-state index contributed by atoms with van der Waals surface area (Å²) in [5.74, 6) is -2.35. The minimum atomic E-state index is -4.75. The van der Waals surface area contributed by atoms with Crippen LogP contribution in [0.25, 0.3) is 0 Å². The van der Waals surface area contributed by atoms with Gasteiger partial charge in [-0.2, -0.15) is 18.2 Å². The maximum absolute atomic E-state index is 14.0. The Hall–Kier alpha value is -4.87. The molecule has 0 bridgehead atoms. The molecule has 3 aromatic rings. The quantitative estimate of drug-likeness (QED) is 0.160. The molecule has 0 aliphatic heterocycles. The van der Waals surface area contributed by atoms with Crippen molar-refractivity contribution in [3.8, 4) is 0 Å². The van der Waals surface area contributed by atoms with Gasteiger partial charge in [-0.3, -0.25) is 4.79 Å². The Morgan fingerprint density at radius 2 is 1.42 bits per heavy atom. The normalized spacial score (nSPS) is 16.2. The first kappa shape index (κ1) is 31.1. The lowest BCUT2D eigenvalue weighted by molar-refractivity contribution is -0.166. The summed E-state index contributed by atoms with van der Waals surface area (Å²) in [5, 5.41) is 0.354. The number of rotatable bonds is 6. The van der Waals surface area contributed by atoms with Gasteiger partial charge < -0.3 is 14.2 Å². The highest BCUT2D eigenvalue weighted by atomic mass is 19.4. The number of amides is 2. The minimum Gasteiger partial charge on any atom is -0.458 e. The van der Waals surface area contributed by atoms with Crippen LogP contribution in [0.4, 0.5) is 22.8 Å². The molecule has 226 valence electrons. The number of carbonyl (C=O) groups is 4. The summed E-state index contributed by atoms with van der Waals surface area (Å²) in [6.07, 6.45) is -8.06. The van der Waals surface area contributed by atoms with Crippen LogP contribution in [0.5, 0.6) is 0 Å². The van der Waals surface area contributed by atoms with E-state index in [1.54, 1.807) is 60.7 Å². The van der Waals surface area contributed by atoms with Gasteiger partial charge in [0.05, 0.1) is 5.56 Å². The van der Waals surface area contributed by atoms with Gasteiger partial charge in [-0.1, -0.05) is 66.7 Å². The van der Waals surface area contributed by atoms with Gasteiger partial charge in [0, 0.05) is 12.0 Å². The predicted octanol–water partition coefficient (Wildman–Crippen LogP) is 6.00. The zero-order valence-electron chi connectivity index (χ0n) is 23.6. The van der Waals surface area contributed by atoms with Crippen LogP contribution < -0.4 is 5.43 Å². The van der Waals surface area contributed by atoms with E-state index in [2.05, 4.69) is 5.43 Å². The second-order valence-electron chi connectivity index (χ2n) is 10.8. The second kappa shape index (κ2) is 12.2. The van der Waals surface area contributed by atoms with Gasteiger partial charge in [0.15, 0.2) is 0 Å². The maximum atomic E-state index is 14.0. The number of ketones is 1. The van der Waals surface area contributed by atoms with Crippen LogP contribution in [-0.2, 0) is 44.8 Å². The highest BCUT2D eigenvalue weighted by Crippen LogP contribution is 2.40. The van der Waals surface area contributed by atoms with Crippen molar-refractivity contribution in [2.75, 3.05) is 0 Å². The number of benzene rings is 3. The molecule has 0 saturated carbocycles. The third kappa shape index (κ3) is 7.14. The number of hydrogen-bond acceptors (Lipinski definition) is 7. The Bertz CT molecular complexity index is 1510. The van der Waals surface area contributed by atoms with Gasteiger partial charge in [0.1, 0.15) is 18.8 Å². The van der Waals surface area contributed by atoms with E-state index >= 15 is 0 Å². The van der Waals surface area contributed by atoms with E-state index in [4.69, 9.17) is 14.2 Å². The molecule has 0 spiro atoms. The molecular formula is C31H29F3N2O7. The molecule has 43 heavy (non-hydrogen) atoms. The number of ether oxygens (including phenoxy) is 3. The van der Waals surface area contributed by atoms with E-state index in [-0.39, 0.29) is 24.3 Å². The Balaban J connectivity index is 1.75. The number of nitrogens with zero attached hydrogens (tertiary/aromatic N) is 1. The second-order valence-corrected chi connectivity index (χ2v) is 10.8. The van der Waals surface area contributed by atoms with Crippen LogP contribution in [0.15, 0.2) is 78.9 Å². The molecule has 1 aliphatic rings. The van der Waals surface area contributed by atoms with Gasteiger partial charge in [-0.25, -0.2) is 19.8 Å². The fourth-order valence-electron chi connectivity index (χ4n) is 4.44. The summed E-state index contributed by atoms with van der Waals surface area (Å²) >= 11 is 0. The topological polar surface area (TPSA) is 111 Å². The molecule has 4 rings (SSSR count). The molecule has 0 saturated heterocycles. The summed E-state index contributed by atoms with van der Waals surface area (Å²) in [6.45, 7) is 3.97. The van der Waals surface area contributed by atoms with Crippen LogP contribution in [0.1, 0.15) is 53.4 Å². The average Bonchev–Trinajstić information content (AvgIpc) is 3.25. The lowest BCUT2D eigenvalue weighted by atomic mass is 9.93. The molecule has 1 atom stereocenters. The van der Waals surface area contributed by atoms with E-state index in [0.29, 0.717) is 22.2 Å². The van der Waals surface area contributed by atoms with Crippen molar-refractivity contribution in [1.29, 1.82) is 0 Å². The van der Waals surface area contributed by atoms with E-state index in [9.17, 15) is 32.3 Å². The van der Waals surface area contributed by atoms with Gasteiger partial charge in [0.25, 0.3) is 0 Å². The molecule has 0 heterocycles. The van der Waals surface area contributed by atoms with Crippen molar-refractivity contribution in [1.82, 2.24) is 10.4 Å². The third-order valence-corrected chi connectivity index (χ3v) is 6.42. The SMILES string of the molecule is CC(C)(C)OC(=O)[C@]1(N(NC(=O)OCc2ccccc2)C(=O)OCc2ccccc2)Cc2cc(C(F)(F)F)ccc2C1=O. The van der Waals surface area contributed by atoms with Crippen LogP contribution in [-0.4, -0.2) is 40.1 Å². The van der Waals surface area contributed by atoms with Crippen molar-refractivity contribution >= 4 is 23.9 Å². The average molecular weight is 599 g/mol. The first-order chi connectivity index (χ1) is 20.2. The van der Waals surface area contributed by atoms with Gasteiger partial charge in [-0.15, -0.1) is 0 Å². The lowest BCUT2D eigenvalue weighted by Gasteiger charge is -2.37. The fourth-order valence-corrected chi connectivity index (χ4v) is 4.44. The molecule has 9 nitrogen and oxygen atoms in total. The van der Waals surface area contributed by atoms with Crippen LogP contribution in [0.2, 0.25) is 0 Å². The van der Waals surface area contributed by atoms with E-state index in [0.717, 1.165) is 12.1 Å². The molecule has 0 unspecified atom stereocenters. The summed E-state index contributed by atoms with van der Waals surface area (Å²) < 4.78 is 56.7. The summed E-state index contributed by atoms with van der Waals surface area (Å²) in [6, 6.07) is 19.3. The zero-order valence-corrected chi connectivity index (χ0v) is 23.6. The van der Waals surface area contributed by atoms with E-state index < -0.39 is 53.2 Å². The smallest absolute Gasteiger partial charge is 0.430 e. The molecule has 0 aromatic heterocycles. The molecule has 1 aliphatic carbocycles. The summed E-state index contributed by atoms with van der Waals surface area (Å²) in [7, 11) is 0. The van der Waals surface area contributed by atoms with Gasteiger partial charge >= 0.3 is 24.3 Å². The van der Waals surface area contributed by atoms with Crippen molar-refractivity contribution in [2.24, 2.45) is 0 Å². The first-order valence-electron chi connectivity index (χ1n) is 13.2. The highest BCUT2D eigenvalue weighted by Gasteiger charge is 2.61. The van der Waals surface area contributed by atoms with Crippen molar-refractivity contribution in [3.63, 3.8) is 0 Å². The van der Waals surface area contributed by atoms with Crippen LogP contribution in [0.3, 0.4) is 0 Å². The van der Waals surface area contributed by atoms with E-state index in [1.807, 2.05) is 0 Å². The number of carbonyl (C=O) groups excluding carboxylic acids is 4. The standard InChI is InChI=1S/C31H29F3N2O7/c1-29(2,3)43-26(38)30(17-22-16-23(31(32,33)34)14-15-24(22)25(30)37)36(28(40)42-19-21-12-8-5-9-13-21)35-27(39)41-18-20-10-6-4-7-11-20/h4-16H,17-19H2,1-3H3,(H,35,39)/t30-/m0/s1. The Morgan fingerprint density at radius 3 is 1.95 bits per heavy atom. The van der Waals surface area contributed by atoms with Crippen molar-refractivity contribution in [2.45, 2.75) is 57.7 Å². The molecule has 1 N–H and O–H groups in total. The molecular weight excluding hydrogens is 569 g/mol. The van der Waals surface area contributed by atoms with Gasteiger partial charge in [-0.05, 0) is 49.6 Å². The molecule has 0 radical (unpaired) electrons. The number of nitrogens with one attached hydrogen (secondary N) is 1. The minimum absolute atomic E-state index is 0.175. The van der Waals surface area contributed by atoms with Crippen molar-refractivity contribution in [3.05, 3.63) is 107 Å².